The molecule has 1 atom stereocenters. The fourth-order valence-corrected chi connectivity index (χ4v) is 4.29. The lowest BCUT2D eigenvalue weighted by Crippen LogP contribution is -2.35. The first-order valence-electron chi connectivity index (χ1n) is 7.41. The smallest absolute Gasteiger partial charge is 0.195 e. The molecule has 6 heteroatoms. The van der Waals surface area contributed by atoms with Gasteiger partial charge in [0.2, 0.25) is 0 Å². The van der Waals surface area contributed by atoms with Gasteiger partial charge in [-0.25, -0.2) is 4.98 Å². The Morgan fingerprint density at radius 3 is 2.95 bits per heavy atom. The van der Waals surface area contributed by atoms with Gasteiger partial charge >= 0.3 is 0 Å². The van der Waals surface area contributed by atoms with Crippen LogP contribution in [0.25, 0.3) is 4.96 Å². The first-order valence-corrected chi connectivity index (χ1v) is 8.29. The van der Waals surface area contributed by atoms with Crippen LogP contribution in [0, 0.1) is 0 Å². The Kier molecular flexibility index (Phi) is 3.17. The second-order valence-corrected chi connectivity index (χ2v) is 6.60. The summed E-state index contributed by atoms with van der Waals surface area (Å²) in [4.78, 5) is 10.7. The SMILES string of the molecule is OCc1c(N2CCC(N3CCCC3)C2)nc2sccn12. The van der Waals surface area contributed by atoms with Crippen LogP contribution in [0.4, 0.5) is 5.82 Å². The fraction of sp³-hybridized carbons (Fsp3) is 0.643. The Bertz CT molecular complexity index is 601. The quantitative estimate of drug-likeness (QED) is 0.932. The number of rotatable bonds is 3. The molecule has 4 rings (SSSR count). The largest absolute Gasteiger partial charge is 0.390 e. The van der Waals surface area contributed by atoms with Crippen molar-refractivity contribution in [3.63, 3.8) is 0 Å². The van der Waals surface area contributed by atoms with Crippen LogP contribution in [0.1, 0.15) is 25.0 Å². The zero-order chi connectivity index (χ0) is 13.5. The number of anilines is 1. The van der Waals surface area contributed by atoms with Gasteiger partial charge in [-0.15, -0.1) is 11.3 Å². The molecule has 2 aromatic heterocycles. The Balaban J connectivity index is 1.58. The molecular weight excluding hydrogens is 272 g/mol. The summed E-state index contributed by atoms with van der Waals surface area (Å²) in [6, 6.07) is 0.670. The van der Waals surface area contributed by atoms with Gasteiger partial charge in [-0.3, -0.25) is 9.30 Å². The molecule has 2 aliphatic rings. The number of aliphatic hydroxyl groups is 1. The van der Waals surface area contributed by atoms with E-state index in [9.17, 15) is 5.11 Å². The van der Waals surface area contributed by atoms with Crippen LogP contribution in [0.3, 0.4) is 0 Å². The number of fused-ring (bicyclic) bond motifs is 1. The van der Waals surface area contributed by atoms with Gasteiger partial charge in [-0.2, -0.15) is 0 Å². The standard InChI is InChI=1S/C14H20N4OS/c19-10-12-13(15-14-18(12)7-8-20-14)17-6-3-11(9-17)16-4-1-2-5-16/h7-8,11,19H,1-6,9-10H2. The molecule has 20 heavy (non-hydrogen) atoms. The summed E-state index contributed by atoms with van der Waals surface area (Å²) < 4.78 is 2.02. The topological polar surface area (TPSA) is 44.0 Å². The summed E-state index contributed by atoms with van der Waals surface area (Å²) in [5, 5.41) is 11.7. The lowest BCUT2D eigenvalue weighted by Gasteiger charge is -2.23. The van der Waals surface area contributed by atoms with Crippen LogP contribution in [-0.4, -0.2) is 51.6 Å². The van der Waals surface area contributed by atoms with E-state index < -0.39 is 0 Å². The molecule has 0 radical (unpaired) electrons. The average Bonchev–Trinajstić information content (AvgIpc) is 3.21. The van der Waals surface area contributed by atoms with Crippen LogP contribution < -0.4 is 4.90 Å². The number of aliphatic hydroxyl groups excluding tert-OH is 1. The number of hydrogen-bond acceptors (Lipinski definition) is 5. The van der Waals surface area contributed by atoms with E-state index in [2.05, 4.69) is 9.80 Å². The molecular formula is C14H20N4OS. The molecule has 0 amide bonds. The molecule has 2 aliphatic heterocycles. The highest BCUT2D eigenvalue weighted by atomic mass is 32.1. The minimum absolute atomic E-state index is 0.0537. The molecule has 0 bridgehead atoms. The third-order valence-corrected chi connectivity index (χ3v) is 5.37. The van der Waals surface area contributed by atoms with E-state index in [1.807, 2.05) is 16.0 Å². The predicted molar refractivity (Wildman–Crippen MR) is 80.4 cm³/mol. The minimum atomic E-state index is 0.0537. The second kappa shape index (κ2) is 5.02. The highest BCUT2D eigenvalue weighted by molar-refractivity contribution is 7.15. The molecule has 2 fully saturated rings. The molecule has 108 valence electrons. The summed E-state index contributed by atoms with van der Waals surface area (Å²) >= 11 is 1.63. The van der Waals surface area contributed by atoms with E-state index in [0.29, 0.717) is 6.04 Å². The Morgan fingerprint density at radius 1 is 1.30 bits per heavy atom. The maximum Gasteiger partial charge on any atom is 0.195 e. The van der Waals surface area contributed by atoms with Crippen molar-refractivity contribution in [2.75, 3.05) is 31.1 Å². The highest BCUT2D eigenvalue weighted by Crippen LogP contribution is 2.29. The van der Waals surface area contributed by atoms with Crippen LogP contribution in [0.2, 0.25) is 0 Å². The van der Waals surface area contributed by atoms with E-state index in [1.54, 1.807) is 11.3 Å². The van der Waals surface area contributed by atoms with E-state index >= 15 is 0 Å². The molecule has 1 N–H and O–H groups in total. The summed E-state index contributed by atoms with van der Waals surface area (Å²) in [6.07, 6.45) is 5.91. The maximum absolute atomic E-state index is 9.67. The minimum Gasteiger partial charge on any atom is -0.390 e. The zero-order valence-electron chi connectivity index (χ0n) is 11.5. The van der Waals surface area contributed by atoms with E-state index in [-0.39, 0.29) is 6.61 Å². The van der Waals surface area contributed by atoms with Gasteiger partial charge in [0.25, 0.3) is 0 Å². The first kappa shape index (κ1) is 12.6. The van der Waals surface area contributed by atoms with Gasteiger partial charge in [0.05, 0.1) is 12.3 Å². The van der Waals surface area contributed by atoms with Crippen molar-refractivity contribution >= 4 is 22.1 Å². The average molecular weight is 292 g/mol. The van der Waals surface area contributed by atoms with Crippen molar-refractivity contribution in [2.45, 2.75) is 31.9 Å². The molecule has 2 aromatic rings. The molecule has 0 spiro atoms. The lowest BCUT2D eigenvalue weighted by atomic mass is 10.2. The summed E-state index contributed by atoms with van der Waals surface area (Å²) in [5.74, 6) is 0.987. The van der Waals surface area contributed by atoms with Crippen LogP contribution in [0.15, 0.2) is 11.6 Å². The van der Waals surface area contributed by atoms with Crippen molar-refractivity contribution in [2.24, 2.45) is 0 Å². The number of hydrogen-bond donors (Lipinski definition) is 1. The van der Waals surface area contributed by atoms with Gasteiger partial charge in [-0.05, 0) is 32.4 Å². The van der Waals surface area contributed by atoms with Gasteiger partial charge in [-0.1, -0.05) is 0 Å². The van der Waals surface area contributed by atoms with Crippen molar-refractivity contribution < 1.29 is 5.11 Å². The molecule has 2 saturated heterocycles. The fourth-order valence-electron chi connectivity index (χ4n) is 3.56. The van der Waals surface area contributed by atoms with Gasteiger partial charge in [0.1, 0.15) is 0 Å². The molecule has 1 unspecified atom stereocenters. The normalized spacial score (nSPS) is 24.2. The van der Waals surface area contributed by atoms with Gasteiger partial charge < -0.3 is 10.0 Å². The number of thiazole rings is 1. The van der Waals surface area contributed by atoms with Crippen LogP contribution >= 0.6 is 11.3 Å². The summed E-state index contributed by atoms with van der Waals surface area (Å²) in [5.41, 5.74) is 0.934. The number of nitrogens with zero attached hydrogens (tertiary/aromatic N) is 4. The number of aromatic nitrogens is 2. The van der Waals surface area contributed by atoms with Gasteiger partial charge in [0.15, 0.2) is 10.8 Å². The predicted octanol–water partition coefficient (Wildman–Crippen LogP) is 1.56. The summed E-state index contributed by atoms with van der Waals surface area (Å²) in [6.45, 7) is 4.67. The number of imidazole rings is 1. The Hall–Kier alpha value is -1.11. The number of likely N-dealkylation sites (tertiary alicyclic amines) is 1. The molecule has 4 heterocycles. The highest BCUT2D eigenvalue weighted by Gasteiger charge is 2.31. The van der Waals surface area contributed by atoms with Crippen molar-refractivity contribution in [3.05, 3.63) is 17.3 Å². The van der Waals surface area contributed by atoms with Crippen molar-refractivity contribution in [1.29, 1.82) is 0 Å². The third-order valence-electron chi connectivity index (χ3n) is 4.61. The molecule has 0 aromatic carbocycles. The van der Waals surface area contributed by atoms with Gasteiger partial charge in [0, 0.05) is 30.7 Å². The molecule has 0 aliphatic carbocycles. The maximum atomic E-state index is 9.67. The molecule has 0 saturated carbocycles. The Morgan fingerprint density at radius 2 is 2.15 bits per heavy atom. The second-order valence-electron chi connectivity index (χ2n) is 5.73. The van der Waals surface area contributed by atoms with E-state index in [4.69, 9.17) is 4.98 Å². The Labute approximate surface area is 122 Å². The van der Waals surface area contributed by atoms with Crippen LogP contribution in [0.5, 0.6) is 0 Å². The first-order chi connectivity index (χ1) is 9.86. The van der Waals surface area contributed by atoms with E-state index in [0.717, 1.165) is 29.6 Å². The monoisotopic (exact) mass is 292 g/mol. The molecule has 5 nitrogen and oxygen atoms in total. The van der Waals surface area contributed by atoms with E-state index in [1.165, 1.54) is 32.4 Å². The summed E-state index contributed by atoms with van der Waals surface area (Å²) in [7, 11) is 0. The lowest BCUT2D eigenvalue weighted by molar-refractivity contribution is 0.260. The zero-order valence-corrected chi connectivity index (χ0v) is 12.3. The van der Waals surface area contributed by atoms with Crippen molar-refractivity contribution in [1.82, 2.24) is 14.3 Å². The third kappa shape index (κ3) is 1.94. The van der Waals surface area contributed by atoms with Crippen LogP contribution in [-0.2, 0) is 6.61 Å². The van der Waals surface area contributed by atoms with Crippen molar-refractivity contribution in [3.8, 4) is 0 Å².